The average Bonchev–Trinajstić information content (AvgIpc) is 0.947. The topological polar surface area (TPSA) is 129 Å². The zero-order valence-corrected chi connectivity index (χ0v) is 59.5. The van der Waals surface area contributed by atoms with Crippen molar-refractivity contribution in [3.8, 4) is 0 Å². The van der Waals surface area contributed by atoms with E-state index >= 15 is 0 Å². The summed E-state index contributed by atoms with van der Waals surface area (Å²) in [5, 5.41) is 0. The van der Waals surface area contributed by atoms with Gasteiger partial charge in [0.15, 0.2) is 30.2 Å². The summed E-state index contributed by atoms with van der Waals surface area (Å²) in [6, 6.07) is 26.4. The Morgan fingerprint density at radius 2 is 0.950 bits per heavy atom. The summed E-state index contributed by atoms with van der Waals surface area (Å²) in [4.78, 5) is 6.88. The second-order valence-corrected chi connectivity index (χ2v) is 26.2. The summed E-state index contributed by atoms with van der Waals surface area (Å²) in [6.45, 7) is 20.3. The third kappa shape index (κ3) is 35.4. The zero-order valence-electron chi connectivity index (χ0n) is 57.8. The predicted octanol–water partition coefficient (Wildman–Crippen LogP) is 10.9. The van der Waals surface area contributed by atoms with Crippen molar-refractivity contribution in [3.05, 3.63) is 250 Å². The largest absolute Gasteiger partial charge is 1.00 e. The van der Waals surface area contributed by atoms with Gasteiger partial charge in [-0.1, -0.05) is 103 Å². The van der Waals surface area contributed by atoms with Crippen LogP contribution in [0.25, 0.3) is 18.2 Å². The normalized spacial score (nSPS) is 17.8. The fraction of sp³-hybridized carbons (Fsp3) is 0.320. The van der Waals surface area contributed by atoms with Crippen LogP contribution in [0.4, 0.5) is 55.2 Å². The molecule has 0 unspecified atom stereocenters. The second-order valence-electron chi connectivity index (χ2n) is 23.5. The van der Waals surface area contributed by atoms with Gasteiger partial charge in [0.2, 0.25) is 0 Å². The smallest absolute Gasteiger partial charge is 0.112 e. The van der Waals surface area contributed by atoms with Crippen LogP contribution < -0.4 is 38.0 Å². The van der Waals surface area contributed by atoms with E-state index in [0.717, 1.165) is 104 Å². The molecular weight excluding hydrogens is 1350 g/mol. The summed E-state index contributed by atoms with van der Waals surface area (Å²) in [7, 11) is -11.1. The molecule has 2 aliphatic heterocycles. The van der Waals surface area contributed by atoms with E-state index in [4.69, 9.17) is 28.1 Å². The van der Waals surface area contributed by atoms with Crippen molar-refractivity contribution in [2.75, 3.05) is 122 Å². The number of ether oxygens (including phenoxy) is 2. The summed E-state index contributed by atoms with van der Waals surface area (Å²) in [5.74, 6) is 0. The van der Waals surface area contributed by atoms with Gasteiger partial charge in [0.1, 0.15) is 40.4 Å². The van der Waals surface area contributed by atoms with E-state index in [1.54, 1.807) is 0 Å². The van der Waals surface area contributed by atoms with Gasteiger partial charge >= 0.3 is 40.5 Å². The maximum Gasteiger partial charge on any atom is -0.112 e. The fourth-order valence-electron chi connectivity index (χ4n) is 10.8. The molecule has 0 radical (unpaired) electrons. The van der Waals surface area contributed by atoms with E-state index in [9.17, 15) is 38.1 Å². The van der Waals surface area contributed by atoms with Gasteiger partial charge in [-0.3, -0.25) is 12.9 Å². The van der Waals surface area contributed by atoms with Gasteiger partial charge in [0, 0.05) is 93.8 Å². The molecule has 2 heterocycles. The van der Waals surface area contributed by atoms with Gasteiger partial charge in [-0.05, 0) is 182 Å². The first-order valence-corrected chi connectivity index (χ1v) is 35.9. The molecule has 25 heteroatoms. The Kier molecular flexibility index (Phi) is 34.2. The molecular formula is C75H91BClF10N6O6P. The molecule has 3 aromatic carbocycles. The quantitative estimate of drug-likeness (QED) is 0.0509. The SMILES string of the molecule is C1=CC(=[N+]2CCOCC2)C=CC1=CC1=C/C(=C/c2ccc(N3CCOCC3)cc2)CC1.CCN(CC)c1ccc(/C=C2/C=C(C=C3C=CC(=[N+](CC)CC)C=C3)CC2)cc1.CN(C)c1ccc(/C=C/C=C/C=C2C=CC(=[N+](C)C)C=C2)cc1.FB(F)F.F[P-](F)(F)(F)(F)F.[F-].[O-][Cl+3]([O-])([O-])[O-]. The summed E-state index contributed by atoms with van der Waals surface area (Å²) < 4.78 is 140. The van der Waals surface area contributed by atoms with Gasteiger partial charge in [0.05, 0.1) is 13.2 Å². The Morgan fingerprint density at radius 1 is 0.540 bits per heavy atom. The van der Waals surface area contributed by atoms with E-state index in [1.165, 1.54) is 89.9 Å². The van der Waals surface area contributed by atoms with Crippen molar-refractivity contribution in [2.24, 2.45) is 0 Å². The molecule has 10 rings (SSSR count). The van der Waals surface area contributed by atoms with Crippen molar-refractivity contribution < 1.29 is 94.9 Å². The molecule has 5 aliphatic carbocycles. The number of benzene rings is 3. The number of hydrogen-bond donors (Lipinski definition) is 0. The van der Waals surface area contributed by atoms with Crippen LogP contribution in [0.5, 0.6) is 0 Å². The van der Waals surface area contributed by atoms with Gasteiger partial charge < -0.3 is 28.9 Å². The number of anilines is 3. The first kappa shape index (κ1) is 84.4. The van der Waals surface area contributed by atoms with Crippen molar-refractivity contribution in [1.29, 1.82) is 0 Å². The minimum absolute atomic E-state index is 0. The Morgan fingerprint density at radius 3 is 1.39 bits per heavy atom. The molecule has 0 amide bonds. The van der Waals surface area contributed by atoms with Crippen LogP contribution in [-0.4, -0.2) is 145 Å². The van der Waals surface area contributed by atoms with Crippen LogP contribution >= 0.6 is 7.81 Å². The van der Waals surface area contributed by atoms with Crippen LogP contribution in [0.2, 0.25) is 0 Å². The van der Waals surface area contributed by atoms with Crippen LogP contribution in [0.15, 0.2) is 233 Å². The Balaban J connectivity index is 0.000000287. The van der Waals surface area contributed by atoms with Crippen molar-refractivity contribution >= 4 is 67.8 Å². The number of hydrogen-bond acceptors (Lipinski definition) is 9. The molecule has 2 saturated heterocycles. The Hall–Kier alpha value is -7.99. The summed E-state index contributed by atoms with van der Waals surface area (Å²) >= 11 is 0. The molecule has 0 saturated carbocycles. The number of morpholine rings is 2. The van der Waals surface area contributed by atoms with Crippen LogP contribution in [0, 0.1) is 10.2 Å². The minimum atomic E-state index is -10.7. The van der Waals surface area contributed by atoms with Crippen molar-refractivity contribution in [1.82, 2.24) is 0 Å². The third-order valence-electron chi connectivity index (χ3n) is 15.8. The number of halogens is 11. The number of nitrogens with zero attached hydrogens (tertiary/aromatic N) is 6. The Labute approximate surface area is 585 Å². The maximum absolute atomic E-state index is 10.7. The van der Waals surface area contributed by atoms with E-state index < -0.39 is 25.6 Å². The Bertz CT molecular complexity index is 3670. The molecule has 0 spiro atoms. The van der Waals surface area contributed by atoms with Gasteiger partial charge in [-0.15, -0.1) is 10.2 Å². The molecule has 7 aliphatic rings. The van der Waals surface area contributed by atoms with Crippen molar-refractivity contribution in [3.63, 3.8) is 0 Å². The van der Waals surface area contributed by atoms with Gasteiger partial charge in [-0.2, -0.15) is 0 Å². The molecule has 0 atom stereocenters. The third-order valence-corrected chi connectivity index (χ3v) is 15.8. The van der Waals surface area contributed by atoms with Crippen LogP contribution in [0.3, 0.4) is 0 Å². The molecule has 12 nitrogen and oxygen atoms in total. The molecule has 542 valence electrons. The van der Waals surface area contributed by atoms with Gasteiger partial charge in [-0.25, -0.2) is 32.4 Å². The zero-order chi connectivity index (χ0) is 72.7. The van der Waals surface area contributed by atoms with E-state index in [-0.39, 0.29) is 4.70 Å². The second kappa shape index (κ2) is 40.5. The van der Waals surface area contributed by atoms with E-state index in [2.05, 4.69) is 297 Å². The average molecular weight is 1440 g/mol. The predicted molar refractivity (Wildman–Crippen MR) is 380 cm³/mol. The number of rotatable bonds is 14. The first-order valence-electron chi connectivity index (χ1n) is 32.6. The molecule has 2 fully saturated rings. The molecule has 0 N–H and O–H groups in total. The van der Waals surface area contributed by atoms with E-state index in [1.807, 2.05) is 0 Å². The fourth-order valence-corrected chi connectivity index (χ4v) is 10.8. The molecule has 100 heavy (non-hydrogen) atoms. The van der Waals surface area contributed by atoms with Gasteiger partial charge in [0.25, 0.3) is 0 Å². The molecule has 3 aromatic rings. The van der Waals surface area contributed by atoms with Crippen molar-refractivity contribution in [2.45, 2.75) is 53.4 Å². The maximum atomic E-state index is 9.87. The molecule has 0 bridgehead atoms. The van der Waals surface area contributed by atoms with E-state index in [0.29, 0.717) is 0 Å². The summed E-state index contributed by atoms with van der Waals surface area (Å²) in [6.07, 6.45) is 55.3. The minimum Gasteiger partial charge on any atom is -1.00 e. The standard InChI is InChI=1S/C27H31N2O2.C27H35N2.C21H25N2.BF3.ClHO4.F6P.FH/c1-2-25(20-23-5-9-27(10-6-23)29-13-17-31-18-14-29)21-24(1)19-22-3-7-26(8-4-22)28-11-15-30-16-12-28;1-5-28(6-2)26-15-11-22(12-16-26)19-24-9-10-25(21-24)20-23-13-17-27(18-14-23)29(7-3)8-4;1-22(2)20-14-10-18(11-15-20)8-6-5-7-9-19-12-16-21(17-13-19)23(3)4;2-1(3)4;2-1(3,4)5;1-7(2,3,4,5)6;/h3-10,19-21H,1-2,11-18H2;11-21H,5-10H2,1-4H3;5-17H,1-4H3;;(H,2,3,4,5);;1H/q3*+1;;;-1;/p-2. The molecule has 0 aromatic heterocycles. The number of allylic oxidation sites excluding steroid dienone is 27. The van der Waals surface area contributed by atoms with Crippen LogP contribution in [0.1, 0.15) is 70.1 Å². The van der Waals surface area contributed by atoms with Crippen LogP contribution in [-0.2, 0) is 9.47 Å². The first-order chi connectivity index (χ1) is 46.7. The monoisotopic (exact) mass is 1440 g/mol. The summed E-state index contributed by atoms with van der Waals surface area (Å²) in [5.41, 5.74) is 20.8.